The summed E-state index contributed by atoms with van der Waals surface area (Å²) >= 11 is 0. The Morgan fingerprint density at radius 1 is 1.58 bits per heavy atom. The van der Waals surface area contributed by atoms with Crippen molar-refractivity contribution in [1.29, 1.82) is 0 Å². The van der Waals surface area contributed by atoms with E-state index < -0.39 is 0 Å². The van der Waals surface area contributed by atoms with Crippen molar-refractivity contribution < 1.29 is 0 Å². The molecule has 1 fully saturated rings. The van der Waals surface area contributed by atoms with Crippen LogP contribution in [0.2, 0.25) is 0 Å². The maximum atomic E-state index is 5.45. The lowest BCUT2D eigenvalue weighted by Gasteiger charge is -2.04. The van der Waals surface area contributed by atoms with Crippen molar-refractivity contribution in [3.8, 4) is 0 Å². The van der Waals surface area contributed by atoms with Gasteiger partial charge < -0.3 is 10.3 Å². The van der Waals surface area contributed by atoms with Crippen LogP contribution in [0.1, 0.15) is 31.0 Å². The van der Waals surface area contributed by atoms with Crippen LogP contribution in [0, 0.1) is 0 Å². The summed E-state index contributed by atoms with van der Waals surface area (Å²) in [6, 6.07) is 0. The van der Waals surface area contributed by atoms with Crippen LogP contribution in [0.4, 0.5) is 0 Å². The first-order chi connectivity index (χ1) is 5.92. The van der Waals surface area contributed by atoms with Crippen molar-refractivity contribution in [3.05, 3.63) is 18.2 Å². The predicted octanol–water partition coefficient (Wildman–Crippen LogP) is 1.11. The lowest BCUT2D eigenvalue weighted by molar-refractivity contribution is 0.618. The van der Waals surface area contributed by atoms with E-state index >= 15 is 0 Å². The molecule has 12 heavy (non-hydrogen) atoms. The lowest BCUT2D eigenvalue weighted by atomic mass is 10.3. The molecule has 3 heteroatoms. The number of imidazole rings is 1. The number of nitrogens with zero attached hydrogens (tertiary/aromatic N) is 2. The average molecular weight is 165 g/mol. The number of rotatable bonds is 4. The molecule has 1 saturated carbocycles. The molecule has 2 rings (SSSR count). The summed E-state index contributed by atoms with van der Waals surface area (Å²) in [5, 5.41) is 0. The molecule has 1 aromatic rings. The van der Waals surface area contributed by atoms with Gasteiger partial charge in [0, 0.05) is 24.9 Å². The van der Waals surface area contributed by atoms with E-state index in [2.05, 4.69) is 15.7 Å². The molecule has 0 unspecified atom stereocenters. The smallest absolute Gasteiger partial charge is 0.111 e. The maximum Gasteiger partial charge on any atom is 0.111 e. The molecule has 0 bridgehead atoms. The fraction of sp³-hybridized carbons (Fsp3) is 0.667. The topological polar surface area (TPSA) is 43.8 Å². The van der Waals surface area contributed by atoms with Crippen molar-refractivity contribution in [2.45, 2.75) is 31.7 Å². The van der Waals surface area contributed by atoms with Crippen molar-refractivity contribution in [2.75, 3.05) is 6.54 Å². The molecule has 0 spiro atoms. The van der Waals surface area contributed by atoms with Gasteiger partial charge in [0.05, 0.1) is 0 Å². The fourth-order valence-electron chi connectivity index (χ4n) is 1.47. The second-order valence-electron chi connectivity index (χ2n) is 3.40. The molecular weight excluding hydrogens is 150 g/mol. The van der Waals surface area contributed by atoms with Crippen LogP contribution in [0.3, 0.4) is 0 Å². The molecule has 1 aliphatic rings. The molecule has 2 N–H and O–H groups in total. The van der Waals surface area contributed by atoms with Gasteiger partial charge in [-0.05, 0) is 25.8 Å². The minimum absolute atomic E-state index is 0.748. The van der Waals surface area contributed by atoms with Crippen LogP contribution >= 0.6 is 0 Å². The Hall–Kier alpha value is -0.830. The normalized spacial score (nSPS) is 16.8. The number of aromatic nitrogens is 2. The first kappa shape index (κ1) is 7.80. The van der Waals surface area contributed by atoms with E-state index in [-0.39, 0.29) is 0 Å². The first-order valence-electron chi connectivity index (χ1n) is 4.63. The largest absolute Gasteiger partial charge is 0.335 e. The summed E-state index contributed by atoms with van der Waals surface area (Å²) < 4.78 is 2.24. The minimum atomic E-state index is 0.748. The van der Waals surface area contributed by atoms with Crippen LogP contribution in [-0.4, -0.2) is 16.1 Å². The zero-order valence-corrected chi connectivity index (χ0v) is 7.24. The summed E-state index contributed by atoms with van der Waals surface area (Å²) in [6.45, 7) is 1.80. The Morgan fingerprint density at radius 2 is 2.42 bits per heavy atom. The summed E-state index contributed by atoms with van der Waals surface area (Å²) in [4.78, 5) is 4.35. The summed E-state index contributed by atoms with van der Waals surface area (Å²) in [5.74, 6) is 2.02. The van der Waals surface area contributed by atoms with Crippen LogP contribution in [0.5, 0.6) is 0 Å². The van der Waals surface area contributed by atoms with Gasteiger partial charge in [0.1, 0.15) is 5.82 Å². The Kier molecular flexibility index (Phi) is 2.13. The SMILES string of the molecule is NCCCn1ccnc1C1CC1. The summed E-state index contributed by atoms with van der Waals surface area (Å²) in [6.07, 6.45) is 7.64. The quantitative estimate of drug-likeness (QED) is 0.726. The highest BCUT2D eigenvalue weighted by atomic mass is 15.1. The molecule has 3 nitrogen and oxygen atoms in total. The highest BCUT2D eigenvalue weighted by Gasteiger charge is 2.27. The van der Waals surface area contributed by atoms with Crippen LogP contribution < -0.4 is 5.73 Å². The average Bonchev–Trinajstić information content (AvgIpc) is 2.83. The van der Waals surface area contributed by atoms with Crippen LogP contribution in [0.25, 0.3) is 0 Å². The second-order valence-corrected chi connectivity index (χ2v) is 3.40. The third kappa shape index (κ3) is 1.50. The third-order valence-corrected chi connectivity index (χ3v) is 2.29. The second kappa shape index (κ2) is 3.27. The van der Waals surface area contributed by atoms with Crippen LogP contribution in [0.15, 0.2) is 12.4 Å². The number of aryl methyl sites for hydroxylation is 1. The molecular formula is C9H15N3. The van der Waals surface area contributed by atoms with Crippen molar-refractivity contribution in [3.63, 3.8) is 0 Å². The zero-order chi connectivity index (χ0) is 8.39. The predicted molar refractivity (Wildman–Crippen MR) is 47.9 cm³/mol. The highest BCUT2D eigenvalue weighted by molar-refractivity contribution is 5.07. The lowest BCUT2D eigenvalue weighted by Crippen LogP contribution is -2.07. The van der Waals surface area contributed by atoms with Gasteiger partial charge in [0.2, 0.25) is 0 Å². The van der Waals surface area contributed by atoms with Gasteiger partial charge >= 0.3 is 0 Å². The van der Waals surface area contributed by atoms with Gasteiger partial charge in [-0.25, -0.2) is 4.98 Å². The van der Waals surface area contributed by atoms with E-state index in [0.29, 0.717) is 0 Å². The van der Waals surface area contributed by atoms with E-state index in [1.165, 1.54) is 18.7 Å². The van der Waals surface area contributed by atoms with Gasteiger partial charge in [0.25, 0.3) is 0 Å². The van der Waals surface area contributed by atoms with Crippen molar-refractivity contribution >= 4 is 0 Å². The highest BCUT2D eigenvalue weighted by Crippen LogP contribution is 2.38. The monoisotopic (exact) mass is 165 g/mol. The molecule has 0 radical (unpaired) electrons. The minimum Gasteiger partial charge on any atom is -0.335 e. The van der Waals surface area contributed by atoms with Crippen molar-refractivity contribution in [1.82, 2.24) is 9.55 Å². The van der Waals surface area contributed by atoms with Crippen LogP contribution in [-0.2, 0) is 6.54 Å². The zero-order valence-electron chi connectivity index (χ0n) is 7.24. The standard InChI is InChI=1S/C9H15N3/c10-4-1-6-12-7-5-11-9(12)8-2-3-8/h5,7-8H,1-4,6,10H2. The van der Waals surface area contributed by atoms with E-state index in [1.54, 1.807) is 0 Å². The van der Waals surface area contributed by atoms with E-state index in [9.17, 15) is 0 Å². The number of nitrogens with two attached hydrogens (primary N) is 1. The van der Waals surface area contributed by atoms with E-state index in [4.69, 9.17) is 5.73 Å². The van der Waals surface area contributed by atoms with E-state index in [1.807, 2.05) is 6.20 Å². The van der Waals surface area contributed by atoms with Gasteiger partial charge in [-0.3, -0.25) is 0 Å². The van der Waals surface area contributed by atoms with Gasteiger partial charge in [-0.15, -0.1) is 0 Å². The number of hydrogen-bond acceptors (Lipinski definition) is 2. The Bertz CT molecular complexity index is 250. The van der Waals surface area contributed by atoms with E-state index in [0.717, 1.165) is 25.4 Å². The van der Waals surface area contributed by atoms with Gasteiger partial charge in [-0.2, -0.15) is 0 Å². The maximum absolute atomic E-state index is 5.45. The van der Waals surface area contributed by atoms with Gasteiger partial charge in [-0.1, -0.05) is 0 Å². The molecule has 1 aromatic heterocycles. The molecule has 0 amide bonds. The molecule has 0 aliphatic heterocycles. The molecule has 0 aromatic carbocycles. The first-order valence-corrected chi connectivity index (χ1v) is 4.63. The molecule has 0 atom stereocenters. The Balaban J connectivity index is 2.03. The van der Waals surface area contributed by atoms with Crippen molar-refractivity contribution in [2.24, 2.45) is 5.73 Å². The molecule has 0 saturated heterocycles. The molecule has 66 valence electrons. The molecule has 1 heterocycles. The summed E-state index contributed by atoms with van der Waals surface area (Å²) in [7, 11) is 0. The molecule has 1 aliphatic carbocycles. The fourth-order valence-corrected chi connectivity index (χ4v) is 1.47. The Labute approximate surface area is 72.6 Å². The Morgan fingerprint density at radius 3 is 3.08 bits per heavy atom. The van der Waals surface area contributed by atoms with Gasteiger partial charge in [0.15, 0.2) is 0 Å². The third-order valence-electron chi connectivity index (χ3n) is 2.29. The number of hydrogen-bond donors (Lipinski definition) is 1. The summed E-state index contributed by atoms with van der Waals surface area (Å²) in [5.41, 5.74) is 5.45.